The lowest BCUT2D eigenvalue weighted by Gasteiger charge is -2.35. The molecule has 2 saturated heterocycles. The summed E-state index contributed by atoms with van der Waals surface area (Å²) in [5.74, 6) is 0.242. The van der Waals surface area contributed by atoms with Crippen LogP contribution in [0.25, 0.3) is 0 Å². The molecule has 30 heavy (non-hydrogen) atoms. The maximum atomic E-state index is 13.2. The van der Waals surface area contributed by atoms with Crippen LogP contribution in [-0.2, 0) is 22.6 Å². The average molecular weight is 411 g/mol. The van der Waals surface area contributed by atoms with E-state index in [9.17, 15) is 9.59 Å². The maximum absolute atomic E-state index is 13.2. The monoisotopic (exact) mass is 410 g/mol. The zero-order valence-electron chi connectivity index (χ0n) is 17.5. The summed E-state index contributed by atoms with van der Waals surface area (Å²) in [6, 6.07) is 0.191. The molecule has 0 radical (unpaired) electrons. The Hall–Kier alpha value is -2.77. The Balaban J connectivity index is 1.34. The molecule has 3 atom stereocenters. The molecule has 0 aromatic carbocycles. The Morgan fingerprint density at radius 3 is 2.87 bits per heavy atom. The topological polar surface area (TPSA) is 93.0 Å². The second-order valence-corrected chi connectivity index (χ2v) is 8.37. The van der Waals surface area contributed by atoms with Gasteiger partial charge >= 0.3 is 0 Å². The Morgan fingerprint density at radius 2 is 2.13 bits per heavy atom. The third-order valence-electron chi connectivity index (χ3n) is 6.76. The third-order valence-corrected chi connectivity index (χ3v) is 6.76. The molecule has 2 amide bonds. The van der Waals surface area contributed by atoms with Gasteiger partial charge < -0.3 is 14.8 Å². The third kappa shape index (κ3) is 3.95. The minimum Gasteiger partial charge on any atom is -0.355 e. The van der Waals surface area contributed by atoms with Crippen molar-refractivity contribution in [2.75, 3.05) is 6.54 Å². The summed E-state index contributed by atoms with van der Waals surface area (Å²) >= 11 is 0. The van der Waals surface area contributed by atoms with Gasteiger partial charge in [0.25, 0.3) is 0 Å². The second-order valence-electron chi connectivity index (χ2n) is 8.37. The van der Waals surface area contributed by atoms with Gasteiger partial charge in [-0.15, -0.1) is 0 Å². The molecule has 2 fully saturated rings. The van der Waals surface area contributed by atoms with E-state index in [1.807, 2.05) is 15.7 Å². The van der Waals surface area contributed by atoms with Crippen molar-refractivity contribution in [1.29, 1.82) is 0 Å². The lowest BCUT2D eigenvalue weighted by molar-refractivity contribution is -0.136. The number of nitrogens with one attached hydrogen (secondary N) is 1. The van der Waals surface area contributed by atoms with Gasteiger partial charge in [-0.3, -0.25) is 19.6 Å². The molecule has 0 unspecified atom stereocenters. The fourth-order valence-corrected chi connectivity index (χ4v) is 5.23. The van der Waals surface area contributed by atoms with Gasteiger partial charge in [0.15, 0.2) is 0 Å². The lowest BCUT2D eigenvalue weighted by Crippen LogP contribution is -2.50. The first-order valence-electron chi connectivity index (χ1n) is 10.9. The number of hydrogen-bond acceptors (Lipinski definition) is 5. The molecule has 8 nitrogen and oxygen atoms in total. The Morgan fingerprint density at radius 1 is 1.23 bits per heavy atom. The summed E-state index contributed by atoms with van der Waals surface area (Å²) in [5, 5.41) is 3.15. The highest BCUT2D eigenvalue weighted by Crippen LogP contribution is 2.52. The summed E-state index contributed by atoms with van der Waals surface area (Å²) in [4.78, 5) is 40.6. The van der Waals surface area contributed by atoms with Crippen molar-refractivity contribution < 1.29 is 9.59 Å². The standard InChI is InChI=1S/C22H30N6O2/c1-2-22(21(30)26-8-3-12-27-13-11-24-16-27)14-18-5-6-19(22)28(18)20(29)7-4-17-15-23-9-10-25-17/h9-11,13,15-16,18-19H,2-8,12,14H2,1H3,(H,26,30)/t18-,19+,22+/m1/s1. The van der Waals surface area contributed by atoms with E-state index >= 15 is 0 Å². The van der Waals surface area contributed by atoms with Crippen LogP contribution in [0.5, 0.6) is 0 Å². The first-order valence-corrected chi connectivity index (χ1v) is 10.9. The molecule has 1 N–H and O–H groups in total. The fraction of sp³-hybridized carbons (Fsp3) is 0.591. The highest BCUT2D eigenvalue weighted by molar-refractivity contribution is 5.87. The molecule has 0 aliphatic carbocycles. The van der Waals surface area contributed by atoms with Crippen molar-refractivity contribution in [3.05, 3.63) is 43.0 Å². The molecule has 2 aliphatic rings. The van der Waals surface area contributed by atoms with Gasteiger partial charge in [0, 0.05) is 62.6 Å². The van der Waals surface area contributed by atoms with Crippen LogP contribution in [0.15, 0.2) is 37.3 Å². The van der Waals surface area contributed by atoms with E-state index in [4.69, 9.17) is 0 Å². The molecule has 2 aromatic rings. The second kappa shape index (κ2) is 8.93. The van der Waals surface area contributed by atoms with E-state index in [-0.39, 0.29) is 23.9 Å². The Kier molecular flexibility index (Phi) is 6.11. The molecule has 2 aliphatic heterocycles. The van der Waals surface area contributed by atoms with Gasteiger partial charge in [-0.1, -0.05) is 6.92 Å². The number of rotatable bonds is 9. The number of imidazole rings is 1. The average Bonchev–Trinajstić information content (AvgIpc) is 3.51. The number of fused-ring (bicyclic) bond motifs is 2. The van der Waals surface area contributed by atoms with Gasteiger partial charge in [-0.25, -0.2) is 4.98 Å². The van der Waals surface area contributed by atoms with Gasteiger partial charge in [0.1, 0.15) is 0 Å². The highest BCUT2D eigenvalue weighted by Gasteiger charge is 2.59. The minimum atomic E-state index is -0.458. The number of hydrogen-bond donors (Lipinski definition) is 1. The molecular weight excluding hydrogens is 380 g/mol. The smallest absolute Gasteiger partial charge is 0.228 e. The summed E-state index contributed by atoms with van der Waals surface area (Å²) < 4.78 is 2.01. The van der Waals surface area contributed by atoms with Crippen LogP contribution >= 0.6 is 0 Å². The molecule has 160 valence electrons. The number of amides is 2. The fourth-order valence-electron chi connectivity index (χ4n) is 5.23. The van der Waals surface area contributed by atoms with Gasteiger partial charge in [0.05, 0.1) is 17.4 Å². The Bertz CT molecular complexity index is 856. The quantitative estimate of drug-likeness (QED) is 0.638. The molecule has 4 heterocycles. The van der Waals surface area contributed by atoms with Crippen LogP contribution in [0.4, 0.5) is 0 Å². The molecule has 2 aromatic heterocycles. The zero-order valence-corrected chi connectivity index (χ0v) is 17.5. The van der Waals surface area contributed by atoms with Crippen LogP contribution in [0.1, 0.15) is 51.1 Å². The predicted octanol–water partition coefficient (Wildman–Crippen LogP) is 1.97. The van der Waals surface area contributed by atoms with Gasteiger partial charge in [0.2, 0.25) is 11.8 Å². The van der Waals surface area contributed by atoms with Gasteiger partial charge in [-0.2, -0.15) is 0 Å². The van der Waals surface area contributed by atoms with Crippen LogP contribution in [-0.4, -0.2) is 54.9 Å². The van der Waals surface area contributed by atoms with E-state index in [1.165, 1.54) is 0 Å². The number of aryl methyl sites for hydroxylation is 2. The van der Waals surface area contributed by atoms with Crippen LogP contribution < -0.4 is 5.32 Å². The zero-order chi connectivity index (χ0) is 21.0. The Labute approximate surface area is 177 Å². The van der Waals surface area contributed by atoms with Crippen molar-refractivity contribution in [3.63, 3.8) is 0 Å². The number of nitrogens with zero attached hydrogens (tertiary/aromatic N) is 5. The molecule has 0 saturated carbocycles. The molecule has 0 spiro atoms. The molecule has 2 bridgehead atoms. The molecule has 8 heteroatoms. The summed E-state index contributed by atoms with van der Waals surface area (Å²) in [6.07, 6.45) is 15.8. The van der Waals surface area contributed by atoms with Gasteiger partial charge in [-0.05, 0) is 38.5 Å². The van der Waals surface area contributed by atoms with Crippen LogP contribution in [0.2, 0.25) is 0 Å². The van der Waals surface area contributed by atoms with E-state index < -0.39 is 5.41 Å². The summed E-state index contributed by atoms with van der Waals surface area (Å²) in [7, 11) is 0. The van der Waals surface area contributed by atoms with Crippen molar-refractivity contribution in [2.24, 2.45) is 5.41 Å². The van der Waals surface area contributed by atoms with E-state index in [0.29, 0.717) is 19.4 Å². The van der Waals surface area contributed by atoms with Crippen molar-refractivity contribution in [3.8, 4) is 0 Å². The summed E-state index contributed by atoms with van der Waals surface area (Å²) in [5.41, 5.74) is 0.370. The van der Waals surface area contributed by atoms with Crippen molar-refractivity contribution in [1.82, 2.24) is 29.7 Å². The van der Waals surface area contributed by atoms with Crippen molar-refractivity contribution in [2.45, 2.75) is 70.5 Å². The minimum absolute atomic E-state index is 0.00973. The SMILES string of the molecule is CC[C@]1(C(=O)NCCCn2ccnc2)C[C@H]2CC[C@@H]1N2C(=O)CCc1cnccn1. The largest absolute Gasteiger partial charge is 0.355 e. The number of aromatic nitrogens is 4. The summed E-state index contributed by atoms with van der Waals surface area (Å²) in [6.45, 7) is 3.54. The number of carbonyl (C=O) groups excluding carboxylic acids is 2. The van der Waals surface area contributed by atoms with E-state index in [2.05, 4.69) is 27.2 Å². The van der Waals surface area contributed by atoms with E-state index in [1.54, 1.807) is 31.1 Å². The van der Waals surface area contributed by atoms with Crippen LogP contribution in [0.3, 0.4) is 0 Å². The van der Waals surface area contributed by atoms with E-state index in [0.717, 1.165) is 44.3 Å². The lowest BCUT2D eigenvalue weighted by atomic mass is 9.71. The highest BCUT2D eigenvalue weighted by atomic mass is 16.2. The molecule has 4 rings (SSSR count). The normalized spacial score (nSPS) is 24.9. The first kappa shape index (κ1) is 20.5. The van der Waals surface area contributed by atoms with Crippen LogP contribution in [0, 0.1) is 5.41 Å². The molecular formula is C22H30N6O2. The predicted molar refractivity (Wildman–Crippen MR) is 111 cm³/mol. The maximum Gasteiger partial charge on any atom is 0.228 e. The first-order chi connectivity index (χ1) is 14.6. The van der Waals surface area contributed by atoms with Crippen molar-refractivity contribution >= 4 is 11.8 Å². The number of carbonyl (C=O) groups is 2.